The number of nitrogens with zero attached hydrogens (tertiary/aromatic N) is 1. The molecule has 0 saturated carbocycles. The molecule has 0 radical (unpaired) electrons. The summed E-state index contributed by atoms with van der Waals surface area (Å²) >= 11 is 0. The van der Waals surface area contributed by atoms with Crippen molar-refractivity contribution in [3.63, 3.8) is 0 Å². The van der Waals surface area contributed by atoms with Crippen LogP contribution >= 0.6 is 0 Å². The van der Waals surface area contributed by atoms with Crippen molar-refractivity contribution in [1.29, 1.82) is 0 Å². The highest BCUT2D eigenvalue weighted by Gasteiger charge is 2.18. The number of aryl methyl sites for hydroxylation is 1. The molecule has 1 aromatic heterocycles. The maximum absolute atomic E-state index is 11.9. The summed E-state index contributed by atoms with van der Waals surface area (Å²) in [5, 5.41) is 3.34. The van der Waals surface area contributed by atoms with E-state index in [-0.39, 0.29) is 5.56 Å². The first-order valence-corrected chi connectivity index (χ1v) is 7.11. The number of nitrogens with one attached hydrogen (secondary N) is 2. The van der Waals surface area contributed by atoms with Crippen molar-refractivity contribution >= 4 is 0 Å². The zero-order valence-electron chi connectivity index (χ0n) is 11.6. The summed E-state index contributed by atoms with van der Waals surface area (Å²) in [7, 11) is 0. The zero-order valence-corrected chi connectivity index (χ0v) is 11.6. The minimum absolute atomic E-state index is 0.0648. The molecule has 4 nitrogen and oxygen atoms in total. The van der Waals surface area contributed by atoms with Gasteiger partial charge in [-0.1, -0.05) is 23.8 Å². The van der Waals surface area contributed by atoms with Crippen LogP contribution < -0.4 is 10.9 Å². The average molecular weight is 269 g/mol. The summed E-state index contributed by atoms with van der Waals surface area (Å²) in [6.45, 7) is 4.04. The van der Waals surface area contributed by atoms with Crippen molar-refractivity contribution in [3.05, 3.63) is 51.9 Å². The summed E-state index contributed by atoms with van der Waals surface area (Å²) in [6.07, 6.45) is 2.09. The normalized spacial score (nSPS) is 16.2. The molecule has 1 saturated heterocycles. The largest absolute Gasteiger partial charge is 0.317 e. The van der Waals surface area contributed by atoms with Crippen molar-refractivity contribution in [1.82, 2.24) is 15.3 Å². The molecule has 0 unspecified atom stereocenters. The fourth-order valence-corrected chi connectivity index (χ4v) is 2.73. The van der Waals surface area contributed by atoms with Gasteiger partial charge in [0.1, 0.15) is 5.82 Å². The number of rotatable bonds is 2. The minimum Gasteiger partial charge on any atom is -0.317 e. The molecule has 2 N–H and O–H groups in total. The predicted octanol–water partition coefficient (Wildman–Crippen LogP) is 2.21. The molecule has 20 heavy (non-hydrogen) atoms. The highest BCUT2D eigenvalue weighted by atomic mass is 16.1. The van der Waals surface area contributed by atoms with Crippen molar-refractivity contribution < 1.29 is 0 Å². The van der Waals surface area contributed by atoms with Gasteiger partial charge in [-0.2, -0.15) is 0 Å². The van der Waals surface area contributed by atoms with E-state index in [0.717, 1.165) is 42.8 Å². The number of piperidine rings is 1. The third-order valence-corrected chi connectivity index (χ3v) is 3.81. The van der Waals surface area contributed by atoms with E-state index in [1.54, 1.807) is 6.07 Å². The molecular weight excluding hydrogens is 250 g/mol. The first-order chi connectivity index (χ1) is 9.72. The second-order valence-electron chi connectivity index (χ2n) is 5.41. The number of benzene rings is 1. The van der Waals surface area contributed by atoms with Crippen LogP contribution in [0.25, 0.3) is 11.4 Å². The number of aromatic amines is 1. The molecule has 4 heteroatoms. The maximum atomic E-state index is 11.9. The monoisotopic (exact) mass is 269 g/mol. The highest BCUT2D eigenvalue weighted by Crippen LogP contribution is 2.24. The Morgan fingerprint density at radius 1 is 1.20 bits per heavy atom. The summed E-state index contributed by atoms with van der Waals surface area (Å²) in [5.41, 5.74) is 2.99. The van der Waals surface area contributed by atoms with Gasteiger partial charge in [0.15, 0.2) is 0 Å². The molecule has 3 rings (SSSR count). The van der Waals surface area contributed by atoms with E-state index < -0.39 is 0 Å². The summed E-state index contributed by atoms with van der Waals surface area (Å²) < 4.78 is 0. The number of H-pyrrole nitrogens is 1. The van der Waals surface area contributed by atoms with Gasteiger partial charge in [-0.25, -0.2) is 4.98 Å². The smallest absolute Gasteiger partial charge is 0.251 e. The second-order valence-corrected chi connectivity index (χ2v) is 5.41. The van der Waals surface area contributed by atoms with E-state index >= 15 is 0 Å². The minimum atomic E-state index is -0.0648. The summed E-state index contributed by atoms with van der Waals surface area (Å²) in [5.74, 6) is 1.07. The lowest BCUT2D eigenvalue weighted by Gasteiger charge is -2.22. The number of hydrogen-bond donors (Lipinski definition) is 2. The van der Waals surface area contributed by atoms with Crippen molar-refractivity contribution in [2.75, 3.05) is 13.1 Å². The molecule has 0 atom stereocenters. The maximum Gasteiger partial charge on any atom is 0.251 e. The Labute approximate surface area is 118 Å². The number of hydrogen-bond acceptors (Lipinski definition) is 3. The Kier molecular flexibility index (Phi) is 3.65. The van der Waals surface area contributed by atoms with Crippen molar-refractivity contribution in [3.8, 4) is 11.4 Å². The lowest BCUT2D eigenvalue weighted by molar-refractivity contribution is 0.453. The van der Waals surface area contributed by atoms with Crippen LogP contribution in [-0.2, 0) is 0 Å². The third kappa shape index (κ3) is 2.80. The summed E-state index contributed by atoms with van der Waals surface area (Å²) in [6, 6.07) is 9.71. The van der Waals surface area contributed by atoms with Crippen LogP contribution in [0.3, 0.4) is 0 Å². The third-order valence-electron chi connectivity index (χ3n) is 3.81. The quantitative estimate of drug-likeness (QED) is 0.879. The van der Waals surface area contributed by atoms with E-state index in [4.69, 9.17) is 0 Å². The van der Waals surface area contributed by atoms with Crippen LogP contribution in [0.4, 0.5) is 0 Å². The van der Waals surface area contributed by atoms with Crippen LogP contribution in [0.15, 0.2) is 35.1 Å². The Hall–Kier alpha value is -1.94. The van der Waals surface area contributed by atoms with E-state index in [0.29, 0.717) is 11.7 Å². The van der Waals surface area contributed by atoms with E-state index in [1.807, 2.05) is 31.2 Å². The molecule has 0 bridgehead atoms. The van der Waals surface area contributed by atoms with Gasteiger partial charge in [0.2, 0.25) is 0 Å². The fraction of sp³-hybridized carbons (Fsp3) is 0.375. The van der Waals surface area contributed by atoms with Gasteiger partial charge in [0, 0.05) is 17.5 Å². The molecule has 1 fully saturated rings. The van der Waals surface area contributed by atoms with Crippen LogP contribution in [0.2, 0.25) is 0 Å². The van der Waals surface area contributed by atoms with Gasteiger partial charge in [0.05, 0.1) is 5.69 Å². The first-order valence-electron chi connectivity index (χ1n) is 7.11. The highest BCUT2D eigenvalue weighted by molar-refractivity contribution is 5.55. The first kappa shape index (κ1) is 13.1. The second kappa shape index (κ2) is 5.59. The summed E-state index contributed by atoms with van der Waals surface area (Å²) in [4.78, 5) is 19.4. The standard InChI is InChI=1S/C16H19N3O/c1-11-3-2-4-13(9-11)16-18-14(10-15(20)19-16)12-5-7-17-8-6-12/h2-4,9-10,12,17H,5-8H2,1H3,(H,18,19,20). The average Bonchev–Trinajstić information content (AvgIpc) is 2.47. The molecular formula is C16H19N3O. The lowest BCUT2D eigenvalue weighted by atomic mass is 9.94. The molecule has 2 heterocycles. The Bertz CT molecular complexity index is 657. The van der Waals surface area contributed by atoms with Crippen LogP contribution in [0.5, 0.6) is 0 Å². The van der Waals surface area contributed by atoms with E-state index in [2.05, 4.69) is 15.3 Å². The fourth-order valence-electron chi connectivity index (χ4n) is 2.73. The van der Waals surface area contributed by atoms with Gasteiger partial charge < -0.3 is 10.3 Å². The van der Waals surface area contributed by atoms with Gasteiger partial charge >= 0.3 is 0 Å². The molecule has 104 valence electrons. The SMILES string of the molecule is Cc1cccc(-c2nc(C3CCNCC3)cc(=O)[nH]2)c1. The predicted molar refractivity (Wildman–Crippen MR) is 79.9 cm³/mol. The van der Waals surface area contributed by atoms with E-state index in [9.17, 15) is 4.79 Å². The Morgan fingerprint density at radius 2 is 2.00 bits per heavy atom. The molecule has 0 spiro atoms. The molecule has 1 aliphatic rings. The lowest BCUT2D eigenvalue weighted by Crippen LogP contribution is -2.28. The topological polar surface area (TPSA) is 57.8 Å². The molecule has 1 aromatic carbocycles. The van der Waals surface area contributed by atoms with E-state index in [1.165, 1.54) is 0 Å². The molecule has 0 amide bonds. The van der Waals surface area contributed by atoms with Crippen LogP contribution in [0.1, 0.15) is 30.0 Å². The molecule has 2 aromatic rings. The number of aromatic nitrogens is 2. The Morgan fingerprint density at radius 3 is 2.75 bits per heavy atom. The Balaban J connectivity index is 2.00. The van der Waals surface area contributed by atoms with Crippen LogP contribution in [-0.4, -0.2) is 23.1 Å². The van der Waals surface area contributed by atoms with Gasteiger partial charge in [0.25, 0.3) is 5.56 Å². The van der Waals surface area contributed by atoms with Gasteiger partial charge in [-0.15, -0.1) is 0 Å². The van der Waals surface area contributed by atoms with Gasteiger partial charge in [-0.05, 0) is 38.9 Å². The van der Waals surface area contributed by atoms with Crippen molar-refractivity contribution in [2.45, 2.75) is 25.7 Å². The molecule has 1 aliphatic heterocycles. The van der Waals surface area contributed by atoms with Gasteiger partial charge in [-0.3, -0.25) is 4.79 Å². The molecule has 0 aliphatic carbocycles. The van der Waals surface area contributed by atoms with Crippen molar-refractivity contribution in [2.24, 2.45) is 0 Å². The zero-order chi connectivity index (χ0) is 13.9. The van der Waals surface area contributed by atoms with Crippen LogP contribution in [0, 0.1) is 6.92 Å².